The van der Waals surface area contributed by atoms with Crippen molar-refractivity contribution in [2.45, 2.75) is 0 Å². The molecule has 108 valence electrons. The molecule has 21 heavy (non-hydrogen) atoms. The Morgan fingerprint density at radius 3 is 2.38 bits per heavy atom. The van der Waals surface area contributed by atoms with Crippen LogP contribution in [0.15, 0.2) is 42.5 Å². The molecule has 0 spiro atoms. The lowest BCUT2D eigenvalue weighted by atomic mass is 10.2. The monoisotopic (exact) mass is 291 g/mol. The summed E-state index contributed by atoms with van der Waals surface area (Å²) in [5.41, 5.74) is -0.461. The Labute approximate surface area is 118 Å². The number of carbonyl (C=O) groups excluding carboxylic acids is 1. The van der Waals surface area contributed by atoms with E-state index in [9.17, 15) is 19.1 Å². The van der Waals surface area contributed by atoms with Crippen molar-refractivity contribution in [1.82, 2.24) is 0 Å². The number of anilines is 1. The fraction of sp³-hybridized carbons (Fsp3) is 0. The van der Waals surface area contributed by atoms with E-state index in [-0.39, 0.29) is 17.0 Å². The molecule has 0 aliphatic heterocycles. The predicted molar refractivity (Wildman–Crippen MR) is 71.1 cm³/mol. The van der Waals surface area contributed by atoms with Gasteiger partial charge in [0.05, 0.1) is 5.69 Å². The van der Waals surface area contributed by atoms with Gasteiger partial charge in [0, 0.05) is 0 Å². The number of phenols is 1. The molecule has 7 heteroatoms. The molecule has 0 unspecified atom stereocenters. The molecule has 0 aliphatic rings. The van der Waals surface area contributed by atoms with Crippen LogP contribution in [0.5, 0.6) is 11.5 Å². The zero-order valence-electron chi connectivity index (χ0n) is 10.5. The number of aromatic hydroxyl groups is 1. The third-order valence-electron chi connectivity index (χ3n) is 2.53. The molecule has 0 atom stereocenters. The SMILES string of the molecule is O=C(Nc1cccc(C(=O)O)c1O)Oc1ccc(F)cc1. The summed E-state index contributed by atoms with van der Waals surface area (Å²) in [6.07, 6.45) is -0.945. The Balaban J connectivity index is 2.11. The van der Waals surface area contributed by atoms with Crippen LogP contribution in [0, 0.1) is 5.82 Å². The summed E-state index contributed by atoms with van der Waals surface area (Å²) in [6, 6.07) is 8.60. The minimum absolute atomic E-state index is 0.0998. The largest absolute Gasteiger partial charge is 0.505 e. The van der Waals surface area contributed by atoms with E-state index in [4.69, 9.17) is 9.84 Å². The number of carboxylic acids is 1. The summed E-state index contributed by atoms with van der Waals surface area (Å²) in [6.45, 7) is 0. The summed E-state index contributed by atoms with van der Waals surface area (Å²) in [5, 5.41) is 20.8. The summed E-state index contributed by atoms with van der Waals surface area (Å²) in [5.74, 6) is -2.29. The van der Waals surface area contributed by atoms with Gasteiger partial charge in [0.2, 0.25) is 0 Å². The van der Waals surface area contributed by atoms with E-state index in [2.05, 4.69) is 5.32 Å². The van der Waals surface area contributed by atoms with Crippen LogP contribution in [0.2, 0.25) is 0 Å². The van der Waals surface area contributed by atoms with Crippen LogP contribution >= 0.6 is 0 Å². The Morgan fingerprint density at radius 2 is 1.76 bits per heavy atom. The van der Waals surface area contributed by atoms with Gasteiger partial charge in [-0.1, -0.05) is 6.07 Å². The highest BCUT2D eigenvalue weighted by molar-refractivity contribution is 5.96. The van der Waals surface area contributed by atoms with Crippen LogP contribution < -0.4 is 10.1 Å². The Bertz CT molecular complexity index is 684. The van der Waals surface area contributed by atoms with Crippen LogP contribution in [0.3, 0.4) is 0 Å². The minimum atomic E-state index is -1.33. The van der Waals surface area contributed by atoms with Gasteiger partial charge in [-0.15, -0.1) is 0 Å². The molecule has 0 bridgehead atoms. The van der Waals surface area contributed by atoms with Crippen molar-refractivity contribution in [3.63, 3.8) is 0 Å². The van der Waals surface area contributed by atoms with Crippen LogP contribution in [-0.4, -0.2) is 22.3 Å². The summed E-state index contributed by atoms with van der Waals surface area (Å²) in [7, 11) is 0. The lowest BCUT2D eigenvalue weighted by molar-refractivity contribution is 0.0693. The maximum atomic E-state index is 12.7. The van der Waals surface area contributed by atoms with Crippen molar-refractivity contribution in [1.29, 1.82) is 0 Å². The zero-order chi connectivity index (χ0) is 15.4. The molecule has 0 radical (unpaired) electrons. The Morgan fingerprint density at radius 1 is 1.10 bits per heavy atom. The number of halogens is 1. The van der Waals surface area contributed by atoms with Gasteiger partial charge in [-0.05, 0) is 36.4 Å². The normalized spacial score (nSPS) is 9.95. The van der Waals surface area contributed by atoms with Crippen molar-refractivity contribution in [3.05, 3.63) is 53.8 Å². The molecule has 2 rings (SSSR count). The van der Waals surface area contributed by atoms with Gasteiger partial charge in [0.1, 0.15) is 17.1 Å². The molecule has 0 saturated carbocycles. The highest BCUT2D eigenvalue weighted by Crippen LogP contribution is 2.27. The number of hydrogen-bond donors (Lipinski definition) is 3. The zero-order valence-corrected chi connectivity index (χ0v) is 10.5. The summed E-state index contributed by atoms with van der Waals surface area (Å²) < 4.78 is 17.6. The second-order valence-corrected chi connectivity index (χ2v) is 3.98. The number of aromatic carboxylic acids is 1. The summed E-state index contributed by atoms with van der Waals surface area (Å²) in [4.78, 5) is 22.5. The molecule has 1 amide bonds. The number of carbonyl (C=O) groups is 2. The van der Waals surface area contributed by atoms with Crippen molar-refractivity contribution >= 4 is 17.7 Å². The molecule has 2 aromatic carbocycles. The third kappa shape index (κ3) is 3.47. The van der Waals surface area contributed by atoms with Gasteiger partial charge in [-0.3, -0.25) is 5.32 Å². The molecule has 0 saturated heterocycles. The lowest BCUT2D eigenvalue weighted by Gasteiger charge is -2.09. The van der Waals surface area contributed by atoms with Gasteiger partial charge in [0.15, 0.2) is 5.75 Å². The standard InChI is InChI=1S/C14H10FNO5/c15-8-4-6-9(7-5-8)21-14(20)16-11-3-1-2-10(12(11)17)13(18)19/h1-7,17H,(H,16,20)(H,18,19). The molecule has 0 aliphatic carbocycles. The number of amides is 1. The van der Waals surface area contributed by atoms with E-state index < -0.39 is 23.6 Å². The molecule has 2 aromatic rings. The second kappa shape index (κ2) is 5.91. The van der Waals surface area contributed by atoms with E-state index in [0.29, 0.717) is 0 Å². The van der Waals surface area contributed by atoms with Crippen LogP contribution in [-0.2, 0) is 0 Å². The van der Waals surface area contributed by atoms with Gasteiger partial charge < -0.3 is 14.9 Å². The first-order chi connectivity index (χ1) is 9.97. The number of benzene rings is 2. The van der Waals surface area contributed by atoms with Crippen molar-refractivity contribution in [3.8, 4) is 11.5 Å². The first-order valence-corrected chi connectivity index (χ1v) is 5.77. The van der Waals surface area contributed by atoms with E-state index >= 15 is 0 Å². The maximum absolute atomic E-state index is 12.7. The topological polar surface area (TPSA) is 95.9 Å². The van der Waals surface area contributed by atoms with Crippen LogP contribution in [0.1, 0.15) is 10.4 Å². The second-order valence-electron chi connectivity index (χ2n) is 3.98. The first kappa shape index (κ1) is 14.3. The molecule has 3 N–H and O–H groups in total. The fourth-order valence-electron chi connectivity index (χ4n) is 1.56. The molecular formula is C14H10FNO5. The smallest absolute Gasteiger partial charge is 0.417 e. The van der Waals surface area contributed by atoms with Gasteiger partial charge in [-0.25, -0.2) is 14.0 Å². The highest BCUT2D eigenvalue weighted by atomic mass is 19.1. The lowest BCUT2D eigenvalue weighted by Crippen LogP contribution is -2.17. The number of carboxylic acid groups (broad SMARTS) is 1. The van der Waals surface area contributed by atoms with E-state index in [1.54, 1.807) is 0 Å². The van der Waals surface area contributed by atoms with Gasteiger partial charge in [0.25, 0.3) is 0 Å². The number of rotatable bonds is 3. The molecular weight excluding hydrogens is 281 g/mol. The average Bonchev–Trinajstić information content (AvgIpc) is 2.43. The molecule has 0 fully saturated rings. The molecule has 0 heterocycles. The van der Waals surface area contributed by atoms with Crippen molar-refractivity contribution in [2.75, 3.05) is 5.32 Å². The van der Waals surface area contributed by atoms with Crippen LogP contribution in [0.25, 0.3) is 0 Å². The predicted octanol–water partition coefficient (Wildman–Crippen LogP) is 2.84. The Kier molecular flexibility index (Phi) is 4.03. The summed E-state index contributed by atoms with van der Waals surface area (Å²) >= 11 is 0. The first-order valence-electron chi connectivity index (χ1n) is 5.77. The van der Waals surface area contributed by atoms with E-state index in [0.717, 1.165) is 12.1 Å². The number of hydrogen-bond acceptors (Lipinski definition) is 4. The average molecular weight is 291 g/mol. The number of nitrogens with one attached hydrogen (secondary N) is 1. The highest BCUT2D eigenvalue weighted by Gasteiger charge is 2.15. The number of ether oxygens (including phenoxy) is 1. The van der Waals surface area contributed by atoms with Gasteiger partial charge in [-0.2, -0.15) is 0 Å². The fourth-order valence-corrected chi connectivity index (χ4v) is 1.56. The Hall–Kier alpha value is -3.09. The van der Waals surface area contributed by atoms with E-state index in [1.807, 2.05) is 0 Å². The molecule has 0 aromatic heterocycles. The maximum Gasteiger partial charge on any atom is 0.417 e. The van der Waals surface area contributed by atoms with E-state index in [1.165, 1.54) is 30.3 Å². The number of para-hydroxylation sites is 1. The molecule has 6 nitrogen and oxygen atoms in total. The van der Waals surface area contributed by atoms with Crippen molar-refractivity contribution < 1.29 is 28.9 Å². The van der Waals surface area contributed by atoms with Gasteiger partial charge >= 0.3 is 12.1 Å². The van der Waals surface area contributed by atoms with Crippen LogP contribution in [0.4, 0.5) is 14.9 Å². The minimum Gasteiger partial charge on any atom is -0.505 e. The quantitative estimate of drug-likeness (QED) is 0.756. The third-order valence-corrected chi connectivity index (χ3v) is 2.53. The van der Waals surface area contributed by atoms with Crippen molar-refractivity contribution in [2.24, 2.45) is 0 Å².